The fourth-order valence-electron chi connectivity index (χ4n) is 6.55. The van der Waals surface area contributed by atoms with Crippen molar-refractivity contribution >= 4 is 40.1 Å². The molecule has 9 nitrogen and oxygen atoms in total. The minimum atomic E-state index is -4.51. The summed E-state index contributed by atoms with van der Waals surface area (Å²) in [4.78, 5) is 53.1. The lowest BCUT2D eigenvalue weighted by Crippen LogP contribution is -2.53. The molecule has 4 aliphatic rings. The minimum absolute atomic E-state index is 0.0375. The van der Waals surface area contributed by atoms with Crippen LogP contribution in [0.4, 0.5) is 18.9 Å². The summed E-state index contributed by atoms with van der Waals surface area (Å²) < 4.78 is 51.0. The highest BCUT2D eigenvalue weighted by molar-refractivity contribution is 6.27. The number of halogens is 3. The van der Waals surface area contributed by atoms with Crippen molar-refractivity contribution in [3.63, 3.8) is 0 Å². The second kappa shape index (κ2) is 9.40. The minimum Gasteiger partial charge on any atom is -0.342 e. The second-order valence-electron chi connectivity index (χ2n) is 11.5. The van der Waals surface area contributed by atoms with Gasteiger partial charge in [-0.05, 0) is 60.7 Å². The highest BCUT2D eigenvalue weighted by atomic mass is 19.4. The zero-order valence-electron chi connectivity index (χ0n) is 23.5. The SMILES string of the molecule is [2H][C@@]1(N2C(=O)c3cccc4c(Cc5cnn(C6CCN(C(=O)C7(C(F)(F)F)CC7)CC6)c5)ccc2c34)CCC(=O)NC1=O. The van der Waals surface area contributed by atoms with Crippen LogP contribution in [0.15, 0.2) is 42.7 Å². The Bertz CT molecular complexity index is 1710. The van der Waals surface area contributed by atoms with Gasteiger partial charge in [-0.25, -0.2) is 0 Å². The molecule has 42 heavy (non-hydrogen) atoms. The van der Waals surface area contributed by atoms with E-state index in [9.17, 15) is 32.3 Å². The third-order valence-electron chi connectivity index (χ3n) is 9.03. The lowest BCUT2D eigenvalue weighted by molar-refractivity contribution is -0.199. The molecule has 1 aromatic heterocycles. The number of anilines is 1. The zero-order valence-corrected chi connectivity index (χ0v) is 22.5. The molecule has 2 saturated heterocycles. The summed E-state index contributed by atoms with van der Waals surface area (Å²) in [6.45, 7) is 0.499. The first-order chi connectivity index (χ1) is 20.4. The van der Waals surface area contributed by atoms with E-state index in [1.54, 1.807) is 24.4 Å². The fourth-order valence-corrected chi connectivity index (χ4v) is 6.55. The van der Waals surface area contributed by atoms with Crippen LogP contribution < -0.4 is 10.2 Å². The number of likely N-dealkylation sites (tertiary alicyclic amines) is 1. The first-order valence-corrected chi connectivity index (χ1v) is 14.1. The van der Waals surface area contributed by atoms with Gasteiger partial charge in [0, 0.05) is 43.1 Å². The summed E-state index contributed by atoms with van der Waals surface area (Å²) in [7, 11) is 0. The van der Waals surface area contributed by atoms with Gasteiger partial charge in [0.05, 0.1) is 19.3 Å². The van der Waals surface area contributed by atoms with E-state index in [-0.39, 0.29) is 44.8 Å². The molecule has 0 unspecified atom stereocenters. The van der Waals surface area contributed by atoms with Crippen LogP contribution in [0.1, 0.15) is 67.4 Å². The van der Waals surface area contributed by atoms with Gasteiger partial charge >= 0.3 is 6.18 Å². The van der Waals surface area contributed by atoms with Crippen LogP contribution in [0.25, 0.3) is 10.8 Å². The van der Waals surface area contributed by atoms with Crippen LogP contribution in [0.2, 0.25) is 0 Å². The summed E-state index contributed by atoms with van der Waals surface area (Å²) in [5.74, 6) is -2.56. The Kier molecular flexibility index (Phi) is 5.70. The first kappa shape index (κ1) is 25.5. The summed E-state index contributed by atoms with van der Waals surface area (Å²) in [5.41, 5.74) is 0.467. The highest BCUT2D eigenvalue weighted by Gasteiger charge is 2.69. The van der Waals surface area contributed by atoms with Gasteiger partial charge in [-0.15, -0.1) is 0 Å². The number of rotatable bonds is 5. The van der Waals surface area contributed by atoms with E-state index in [0.717, 1.165) is 16.5 Å². The van der Waals surface area contributed by atoms with Crippen molar-refractivity contribution in [3.8, 4) is 0 Å². The molecule has 218 valence electrons. The molecule has 4 heterocycles. The van der Waals surface area contributed by atoms with Crippen LogP contribution in [0.5, 0.6) is 0 Å². The number of nitrogens with zero attached hydrogens (tertiary/aromatic N) is 4. The summed E-state index contributed by atoms with van der Waals surface area (Å²) in [6.07, 6.45) is 0.220. The summed E-state index contributed by atoms with van der Waals surface area (Å²) in [6, 6.07) is 6.93. The second-order valence-corrected chi connectivity index (χ2v) is 11.5. The van der Waals surface area contributed by atoms with Gasteiger partial charge in [-0.3, -0.25) is 34.1 Å². The van der Waals surface area contributed by atoms with Crippen molar-refractivity contribution in [3.05, 3.63) is 59.4 Å². The fraction of sp³-hybridized carbons (Fsp3) is 0.433. The molecule has 0 bridgehead atoms. The van der Waals surface area contributed by atoms with E-state index >= 15 is 0 Å². The largest absolute Gasteiger partial charge is 0.403 e. The Balaban J connectivity index is 1.09. The third kappa shape index (κ3) is 4.10. The van der Waals surface area contributed by atoms with E-state index in [1.807, 2.05) is 23.0 Å². The molecule has 1 atom stereocenters. The molecule has 1 aliphatic carbocycles. The normalized spacial score (nSPS) is 24.3. The van der Waals surface area contributed by atoms with E-state index in [0.29, 0.717) is 35.9 Å². The van der Waals surface area contributed by atoms with E-state index in [4.69, 9.17) is 1.37 Å². The Morgan fingerprint density at radius 1 is 1.10 bits per heavy atom. The number of carbonyl (C=O) groups excluding carboxylic acids is 4. The zero-order chi connectivity index (χ0) is 30.3. The van der Waals surface area contributed by atoms with Gasteiger partial charge in [0.15, 0.2) is 0 Å². The number of alkyl halides is 3. The molecule has 12 heteroatoms. The number of imide groups is 1. The van der Waals surface area contributed by atoms with Crippen LogP contribution in [-0.2, 0) is 20.8 Å². The Labute approximate surface area is 240 Å². The molecule has 0 spiro atoms. The number of hydrogen-bond donors (Lipinski definition) is 1. The third-order valence-corrected chi connectivity index (χ3v) is 9.03. The highest BCUT2D eigenvalue weighted by Crippen LogP contribution is 2.58. The standard InChI is InChI=1S/C30H28F3N5O4/c31-30(32,33)29(10-11-29)28(42)36-12-8-19(9-13-36)37-16-17(15-34-37)14-18-4-5-22-25-20(18)2-1-3-21(25)27(41)38(22)23-6-7-24(39)35-26(23)40/h1-5,15-16,19,23H,6-14H2,(H,35,39,40)/t23-/m1/s1/i23D. The lowest BCUT2D eigenvalue weighted by atomic mass is 9.97. The van der Waals surface area contributed by atoms with Gasteiger partial charge in [-0.1, -0.05) is 18.2 Å². The first-order valence-electron chi connectivity index (χ1n) is 14.6. The van der Waals surface area contributed by atoms with E-state index in [2.05, 4.69) is 10.4 Å². The Morgan fingerprint density at radius 3 is 2.55 bits per heavy atom. The molecule has 3 aliphatic heterocycles. The molecule has 0 radical (unpaired) electrons. The van der Waals surface area contributed by atoms with Crippen molar-refractivity contribution in [2.45, 2.75) is 63.2 Å². The quantitative estimate of drug-likeness (QED) is 0.461. The molecular weight excluding hydrogens is 551 g/mol. The topological polar surface area (TPSA) is 105 Å². The molecule has 4 amide bonds. The molecule has 7 rings (SSSR count). The molecular formula is C30H28F3N5O4. The van der Waals surface area contributed by atoms with Gasteiger partial charge in [-0.2, -0.15) is 18.3 Å². The monoisotopic (exact) mass is 580 g/mol. The maximum atomic E-state index is 13.5. The molecule has 2 aromatic carbocycles. The van der Waals surface area contributed by atoms with E-state index in [1.165, 1.54) is 9.80 Å². The van der Waals surface area contributed by atoms with Crippen molar-refractivity contribution in [2.75, 3.05) is 18.0 Å². The Hall–Kier alpha value is -4.22. The number of piperidine rings is 2. The van der Waals surface area contributed by atoms with Crippen LogP contribution in [0.3, 0.4) is 0 Å². The van der Waals surface area contributed by atoms with Crippen LogP contribution >= 0.6 is 0 Å². The number of hydrogen-bond acceptors (Lipinski definition) is 5. The van der Waals surface area contributed by atoms with Gasteiger partial charge < -0.3 is 4.90 Å². The van der Waals surface area contributed by atoms with Crippen molar-refractivity contribution in [1.82, 2.24) is 20.0 Å². The number of nitrogens with one attached hydrogen (secondary N) is 1. The van der Waals surface area contributed by atoms with Gasteiger partial charge in [0.1, 0.15) is 11.4 Å². The Morgan fingerprint density at radius 2 is 1.86 bits per heavy atom. The summed E-state index contributed by atoms with van der Waals surface area (Å²) in [5, 5.41) is 8.16. The number of amides is 4. The van der Waals surface area contributed by atoms with Gasteiger partial charge in [0.2, 0.25) is 17.7 Å². The predicted molar refractivity (Wildman–Crippen MR) is 145 cm³/mol. The van der Waals surface area contributed by atoms with Crippen LogP contribution in [0, 0.1) is 5.41 Å². The van der Waals surface area contributed by atoms with E-state index < -0.39 is 41.2 Å². The van der Waals surface area contributed by atoms with Crippen molar-refractivity contribution < 1.29 is 33.7 Å². The smallest absolute Gasteiger partial charge is 0.342 e. The van der Waals surface area contributed by atoms with Crippen molar-refractivity contribution in [2.24, 2.45) is 5.41 Å². The molecule has 3 aromatic rings. The number of benzene rings is 2. The van der Waals surface area contributed by atoms with Gasteiger partial charge in [0.25, 0.3) is 5.91 Å². The summed E-state index contributed by atoms with van der Waals surface area (Å²) >= 11 is 0. The lowest BCUT2D eigenvalue weighted by Gasteiger charge is -2.35. The molecule has 1 N–H and O–H groups in total. The maximum absolute atomic E-state index is 13.5. The van der Waals surface area contributed by atoms with Crippen molar-refractivity contribution in [1.29, 1.82) is 0 Å². The average Bonchev–Trinajstić information content (AvgIpc) is 3.60. The number of carbonyl (C=O) groups is 4. The molecule has 1 saturated carbocycles. The number of aromatic nitrogens is 2. The average molecular weight is 581 g/mol. The predicted octanol–water partition coefficient (Wildman–Crippen LogP) is 3.90. The van der Waals surface area contributed by atoms with Crippen LogP contribution in [-0.4, -0.2) is 63.6 Å². The maximum Gasteiger partial charge on any atom is 0.403 e. The molecule has 3 fully saturated rings.